The van der Waals surface area contributed by atoms with Crippen LogP contribution in [-0.2, 0) is 6.42 Å². The van der Waals surface area contributed by atoms with Crippen molar-refractivity contribution in [1.82, 2.24) is 0 Å². The lowest BCUT2D eigenvalue weighted by molar-refractivity contribution is 0.174. The molecule has 0 aromatic carbocycles. The van der Waals surface area contributed by atoms with Crippen molar-refractivity contribution in [2.45, 2.75) is 32.3 Å². The highest BCUT2D eigenvalue weighted by atomic mass is 32.1. The van der Waals surface area contributed by atoms with Crippen LogP contribution in [0, 0.1) is 0 Å². The maximum absolute atomic E-state index is 9.63. The molecule has 0 fully saturated rings. The maximum atomic E-state index is 9.63. The molecule has 0 radical (unpaired) electrons. The summed E-state index contributed by atoms with van der Waals surface area (Å²) in [7, 11) is 0. The normalized spacial score (nSPS) is 13.2. The van der Waals surface area contributed by atoms with Gasteiger partial charge in [-0.3, -0.25) is 0 Å². The Bertz CT molecular complexity index is 247. The molecule has 0 amide bonds. The molecule has 0 aliphatic carbocycles. The van der Waals surface area contributed by atoms with Gasteiger partial charge in [-0.2, -0.15) is 0 Å². The van der Waals surface area contributed by atoms with Gasteiger partial charge in [-0.25, -0.2) is 0 Å². The summed E-state index contributed by atoms with van der Waals surface area (Å²) in [5, 5.41) is 9.63. The van der Waals surface area contributed by atoms with Crippen LogP contribution in [0.3, 0.4) is 0 Å². The van der Waals surface area contributed by atoms with Crippen molar-refractivity contribution in [3.8, 4) is 0 Å². The number of aryl methyl sites for hydroxylation is 1. The van der Waals surface area contributed by atoms with Gasteiger partial charge in [-0.05, 0) is 31.5 Å². The zero-order valence-electron chi connectivity index (χ0n) is 7.99. The van der Waals surface area contributed by atoms with Crippen LogP contribution in [-0.4, -0.2) is 11.7 Å². The number of aliphatic hydroxyl groups excluding tert-OH is 1. The smallest absolute Gasteiger partial charge is 0.0894 e. The minimum Gasteiger partial charge on any atom is -0.388 e. The highest BCUT2D eigenvalue weighted by Gasteiger charge is 2.08. The van der Waals surface area contributed by atoms with E-state index < -0.39 is 0 Å². The summed E-state index contributed by atoms with van der Waals surface area (Å²) in [4.78, 5) is 2.41. The van der Waals surface area contributed by atoms with E-state index in [1.54, 1.807) is 11.3 Å². The van der Waals surface area contributed by atoms with Crippen molar-refractivity contribution in [3.05, 3.63) is 21.9 Å². The molecule has 13 heavy (non-hydrogen) atoms. The molecule has 1 atom stereocenters. The lowest BCUT2D eigenvalue weighted by atomic mass is 10.2. The van der Waals surface area contributed by atoms with Crippen molar-refractivity contribution >= 4 is 11.3 Å². The summed E-state index contributed by atoms with van der Waals surface area (Å²) >= 11 is 1.70. The highest BCUT2D eigenvalue weighted by Crippen LogP contribution is 2.25. The van der Waals surface area contributed by atoms with E-state index in [0.29, 0.717) is 13.0 Å². The summed E-state index contributed by atoms with van der Waals surface area (Å²) < 4.78 is 0. The van der Waals surface area contributed by atoms with E-state index in [1.807, 2.05) is 6.07 Å². The quantitative estimate of drug-likeness (QED) is 0.762. The number of thiophene rings is 1. The van der Waals surface area contributed by atoms with E-state index in [-0.39, 0.29) is 6.10 Å². The molecule has 3 N–H and O–H groups in total. The molecule has 1 aromatic heterocycles. The Morgan fingerprint density at radius 3 is 2.92 bits per heavy atom. The first-order valence-electron chi connectivity index (χ1n) is 4.74. The molecule has 1 heterocycles. The molecule has 1 aromatic rings. The van der Waals surface area contributed by atoms with Gasteiger partial charge in [0.2, 0.25) is 0 Å². The van der Waals surface area contributed by atoms with Gasteiger partial charge >= 0.3 is 0 Å². The summed E-state index contributed by atoms with van der Waals surface area (Å²) in [6.07, 6.45) is 2.57. The Morgan fingerprint density at radius 1 is 1.54 bits per heavy atom. The number of rotatable bonds is 5. The summed E-state index contributed by atoms with van der Waals surface area (Å²) in [6, 6.07) is 4.11. The van der Waals surface area contributed by atoms with Crippen LogP contribution in [0.4, 0.5) is 0 Å². The van der Waals surface area contributed by atoms with Crippen LogP contribution in [0.5, 0.6) is 0 Å². The Morgan fingerprint density at radius 2 is 2.31 bits per heavy atom. The molecular weight excluding hydrogens is 182 g/mol. The number of nitrogens with two attached hydrogens (primary N) is 1. The van der Waals surface area contributed by atoms with Crippen molar-refractivity contribution in [2.24, 2.45) is 5.73 Å². The molecule has 0 spiro atoms. The Balaban J connectivity index is 2.56. The Hall–Kier alpha value is -0.380. The molecule has 0 aliphatic heterocycles. The van der Waals surface area contributed by atoms with Crippen molar-refractivity contribution < 1.29 is 5.11 Å². The van der Waals surface area contributed by atoms with E-state index >= 15 is 0 Å². The lowest BCUT2D eigenvalue weighted by Crippen LogP contribution is -2.05. The summed E-state index contributed by atoms with van der Waals surface area (Å²) in [5.41, 5.74) is 5.38. The topological polar surface area (TPSA) is 46.2 Å². The second-order valence-electron chi connectivity index (χ2n) is 3.15. The van der Waals surface area contributed by atoms with E-state index in [9.17, 15) is 5.11 Å². The third-order valence-corrected chi connectivity index (χ3v) is 3.19. The number of hydrogen-bond donors (Lipinski definition) is 2. The molecule has 0 saturated heterocycles. The number of aliphatic hydroxyl groups is 1. The zero-order chi connectivity index (χ0) is 9.68. The molecule has 0 aliphatic rings. The Labute approximate surface area is 83.4 Å². The van der Waals surface area contributed by atoms with Gasteiger partial charge < -0.3 is 10.8 Å². The van der Waals surface area contributed by atoms with Crippen molar-refractivity contribution in [3.63, 3.8) is 0 Å². The highest BCUT2D eigenvalue weighted by molar-refractivity contribution is 7.12. The van der Waals surface area contributed by atoms with E-state index in [1.165, 1.54) is 4.88 Å². The van der Waals surface area contributed by atoms with Crippen LogP contribution in [0.2, 0.25) is 0 Å². The van der Waals surface area contributed by atoms with Gasteiger partial charge in [0.25, 0.3) is 0 Å². The first-order chi connectivity index (χ1) is 6.27. The van der Waals surface area contributed by atoms with Gasteiger partial charge in [0.15, 0.2) is 0 Å². The van der Waals surface area contributed by atoms with Crippen LogP contribution in [0.15, 0.2) is 12.1 Å². The second kappa shape index (κ2) is 5.37. The molecule has 2 nitrogen and oxygen atoms in total. The third-order valence-electron chi connectivity index (χ3n) is 1.95. The van der Waals surface area contributed by atoms with Crippen LogP contribution < -0.4 is 5.73 Å². The van der Waals surface area contributed by atoms with Gasteiger partial charge in [0, 0.05) is 9.75 Å². The van der Waals surface area contributed by atoms with Crippen molar-refractivity contribution in [1.29, 1.82) is 0 Å². The first kappa shape index (κ1) is 10.7. The second-order valence-corrected chi connectivity index (χ2v) is 4.35. The molecule has 0 saturated carbocycles. The fourth-order valence-corrected chi connectivity index (χ4v) is 2.39. The van der Waals surface area contributed by atoms with Gasteiger partial charge in [-0.1, -0.05) is 13.3 Å². The molecular formula is C10H17NOS. The minimum absolute atomic E-state index is 0.361. The van der Waals surface area contributed by atoms with Gasteiger partial charge in [0.1, 0.15) is 0 Å². The molecule has 3 heteroatoms. The van der Waals surface area contributed by atoms with Crippen molar-refractivity contribution in [2.75, 3.05) is 6.54 Å². The third kappa shape index (κ3) is 3.10. The standard InChI is InChI=1S/C10H17NOS/c1-2-3-8-4-5-10(13-8)9(12)6-7-11/h4-5,9,12H,2-3,6-7,11H2,1H3/t9-/m1/s1. The molecule has 1 rings (SSSR count). The number of hydrogen-bond acceptors (Lipinski definition) is 3. The predicted molar refractivity (Wildman–Crippen MR) is 56.9 cm³/mol. The average molecular weight is 199 g/mol. The fourth-order valence-electron chi connectivity index (χ4n) is 1.25. The SMILES string of the molecule is CCCc1ccc([C@H](O)CCN)s1. The average Bonchev–Trinajstić information content (AvgIpc) is 2.54. The van der Waals surface area contributed by atoms with E-state index in [0.717, 1.165) is 17.7 Å². The molecule has 0 bridgehead atoms. The Kier molecular flexibility index (Phi) is 4.42. The maximum Gasteiger partial charge on any atom is 0.0894 e. The van der Waals surface area contributed by atoms with Crippen LogP contribution in [0.25, 0.3) is 0 Å². The summed E-state index contributed by atoms with van der Waals surface area (Å²) in [5.74, 6) is 0. The monoisotopic (exact) mass is 199 g/mol. The molecule has 0 unspecified atom stereocenters. The summed E-state index contributed by atoms with van der Waals surface area (Å²) in [6.45, 7) is 2.71. The fraction of sp³-hybridized carbons (Fsp3) is 0.600. The van der Waals surface area contributed by atoms with Crippen LogP contribution in [0.1, 0.15) is 35.6 Å². The largest absolute Gasteiger partial charge is 0.388 e. The van der Waals surface area contributed by atoms with Gasteiger partial charge in [-0.15, -0.1) is 11.3 Å². The van der Waals surface area contributed by atoms with Gasteiger partial charge in [0.05, 0.1) is 6.10 Å². The van der Waals surface area contributed by atoms with E-state index in [4.69, 9.17) is 5.73 Å². The van der Waals surface area contributed by atoms with E-state index in [2.05, 4.69) is 13.0 Å². The lowest BCUT2D eigenvalue weighted by Gasteiger charge is -2.04. The van der Waals surface area contributed by atoms with Crippen LogP contribution >= 0.6 is 11.3 Å². The first-order valence-corrected chi connectivity index (χ1v) is 5.56. The minimum atomic E-state index is -0.361. The predicted octanol–water partition coefficient (Wildman–Crippen LogP) is 2.08. The zero-order valence-corrected chi connectivity index (χ0v) is 8.81. The molecule has 74 valence electrons.